The number of carbonyl (C=O) groups is 2. The van der Waals surface area contributed by atoms with Gasteiger partial charge in [-0.25, -0.2) is 8.42 Å². The van der Waals surface area contributed by atoms with Crippen LogP contribution in [0.15, 0.2) is 77.7 Å². The second-order valence-electron chi connectivity index (χ2n) is 9.73. The predicted molar refractivity (Wildman–Crippen MR) is 159 cm³/mol. The first-order valence-corrected chi connectivity index (χ1v) is 15.5. The van der Waals surface area contributed by atoms with E-state index in [1.807, 2.05) is 0 Å². The Bertz CT molecular complexity index is 1450. The topological polar surface area (TPSA) is 86.8 Å². The van der Waals surface area contributed by atoms with E-state index in [-0.39, 0.29) is 34.1 Å². The average Bonchev–Trinajstić information content (AvgIpc) is 3.45. The summed E-state index contributed by atoms with van der Waals surface area (Å²) in [6.07, 6.45) is 3.87. The maximum Gasteiger partial charge on any atom is 0.264 e. The molecule has 0 saturated heterocycles. The minimum atomic E-state index is -4.22. The highest BCUT2D eigenvalue weighted by molar-refractivity contribution is 7.92. The van der Waals surface area contributed by atoms with Crippen molar-refractivity contribution in [1.29, 1.82) is 0 Å². The van der Waals surface area contributed by atoms with Gasteiger partial charge < -0.3 is 10.2 Å². The van der Waals surface area contributed by atoms with Crippen LogP contribution in [-0.2, 0) is 26.2 Å². The Morgan fingerprint density at radius 3 is 2.17 bits per heavy atom. The van der Waals surface area contributed by atoms with Crippen LogP contribution in [0.4, 0.5) is 5.69 Å². The van der Waals surface area contributed by atoms with Crippen LogP contribution >= 0.6 is 34.8 Å². The summed E-state index contributed by atoms with van der Waals surface area (Å²) in [5.74, 6) is -0.870. The second-order valence-corrected chi connectivity index (χ2v) is 12.9. The van der Waals surface area contributed by atoms with Gasteiger partial charge in [-0.15, -0.1) is 0 Å². The smallest absolute Gasteiger partial charge is 0.264 e. The Labute approximate surface area is 250 Å². The highest BCUT2D eigenvalue weighted by atomic mass is 35.5. The summed E-state index contributed by atoms with van der Waals surface area (Å²) in [6.45, 7) is 1.12. The summed E-state index contributed by atoms with van der Waals surface area (Å²) in [4.78, 5) is 28.6. The zero-order chi connectivity index (χ0) is 28.9. The summed E-state index contributed by atoms with van der Waals surface area (Å²) in [7, 11) is -4.22. The number of sulfonamides is 1. The van der Waals surface area contributed by atoms with Crippen LogP contribution in [0.1, 0.15) is 38.2 Å². The van der Waals surface area contributed by atoms with E-state index in [0.717, 1.165) is 35.6 Å². The quantitative estimate of drug-likeness (QED) is 0.287. The molecule has 0 unspecified atom stereocenters. The van der Waals surface area contributed by atoms with Crippen molar-refractivity contribution in [3.63, 3.8) is 0 Å². The second kappa shape index (κ2) is 13.3. The average molecular weight is 623 g/mol. The van der Waals surface area contributed by atoms with Gasteiger partial charge in [-0.1, -0.05) is 78.0 Å². The van der Waals surface area contributed by atoms with Gasteiger partial charge in [0.25, 0.3) is 10.0 Å². The van der Waals surface area contributed by atoms with E-state index in [4.69, 9.17) is 34.8 Å². The molecule has 1 N–H and O–H groups in total. The van der Waals surface area contributed by atoms with E-state index < -0.39 is 28.5 Å². The van der Waals surface area contributed by atoms with Crippen molar-refractivity contribution in [2.75, 3.05) is 10.8 Å². The maximum absolute atomic E-state index is 14.0. The molecule has 0 spiro atoms. The Balaban J connectivity index is 1.70. The number of hydrogen-bond acceptors (Lipinski definition) is 4. The summed E-state index contributed by atoms with van der Waals surface area (Å²) < 4.78 is 28.6. The first-order chi connectivity index (χ1) is 19.1. The fraction of sp³-hybridized carbons (Fsp3) is 0.310. The third kappa shape index (κ3) is 7.29. The molecule has 3 aromatic rings. The number of nitrogens with zero attached hydrogens (tertiary/aromatic N) is 2. The van der Waals surface area contributed by atoms with E-state index in [9.17, 15) is 18.0 Å². The standard InChI is InChI=1S/C29H30Cl3N3O4S/c1-20(29(37)33-24-7-5-6-8-24)34(18-21-11-13-22(30)14-12-21)28(36)19-35(27-16-15-23(31)17-26(27)32)40(38,39)25-9-3-2-4-10-25/h2-4,9-17,20,24H,5-8,18-19H2,1H3,(H,33,37)/t20-/m1/s1. The highest BCUT2D eigenvalue weighted by Crippen LogP contribution is 2.33. The normalized spacial score (nSPS) is 14.5. The molecule has 1 aliphatic carbocycles. The van der Waals surface area contributed by atoms with Crippen LogP contribution in [0, 0.1) is 0 Å². The molecule has 3 aromatic carbocycles. The molecule has 1 aliphatic rings. The Morgan fingerprint density at radius 1 is 0.925 bits per heavy atom. The SMILES string of the molecule is C[C@H](C(=O)NC1CCCC1)N(Cc1ccc(Cl)cc1)C(=O)CN(c1ccc(Cl)cc1Cl)S(=O)(=O)c1ccccc1. The molecular weight excluding hydrogens is 593 g/mol. The molecule has 0 aromatic heterocycles. The summed E-state index contributed by atoms with van der Waals surface area (Å²) >= 11 is 18.6. The van der Waals surface area contributed by atoms with Gasteiger partial charge in [0.2, 0.25) is 11.8 Å². The van der Waals surface area contributed by atoms with Crippen LogP contribution in [0.25, 0.3) is 0 Å². The van der Waals surface area contributed by atoms with E-state index >= 15 is 0 Å². The molecule has 4 rings (SSSR count). The van der Waals surface area contributed by atoms with Gasteiger partial charge in [-0.3, -0.25) is 13.9 Å². The molecular formula is C29H30Cl3N3O4S. The van der Waals surface area contributed by atoms with Crippen molar-refractivity contribution >= 4 is 62.3 Å². The van der Waals surface area contributed by atoms with Gasteiger partial charge in [0, 0.05) is 22.6 Å². The van der Waals surface area contributed by atoms with Gasteiger partial charge in [0.1, 0.15) is 12.6 Å². The number of benzene rings is 3. The molecule has 11 heteroatoms. The van der Waals surface area contributed by atoms with E-state index in [2.05, 4.69) is 5.32 Å². The fourth-order valence-corrected chi connectivity index (χ4v) is 6.82. The van der Waals surface area contributed by atoms with Crippen LogP contribution < -0.4 is 9.62 Å². The summed E-state index contributed by atoms with van der Waals surface area (Å²) in [5.41, 5.74) is 0.832. The zero-order valence-corrected chi connectivity index (χ0v) is 25.0. The van der Waals surface area contributed by atoms with Gasteiger partial charge in [0.05, 0.1) is 15.6 Å². The van der Waals surface area contributed by atoms with E-state index in [1.165, 1.54) is 35.2 Å². The van der Waals surface area contributed by atoms with Gasteiger partial charge in [-0.2, -0.15) is 0 Å². The third-order valence-electron chi connectivity index (χ3n) is 6.92. The Morgan fingerprint density at radius 2 is 1.55 bits per heavy atom. The number of amides is 2. The van der Waals surface area contributed by atoms with Crippen molar-refractivity contribution in [3.8, 4) is 0 Å². The van der Waals surface area contributed by atoms with Crippen molar-refractivity contribution in [2.45, 2.75) is 56.1 Å². The number of rotatable bonds is 10. The maximum atomic E-state index is 14.0. The first-order valence-electron chi connectivity index (χ1n) is 12.9. The van der Waals surface area contributed by atoms with Gasteiger partial charge in [-0.05, 0) is 67.8 Å². The predicted octanol–water partition coefficient (Wildman–Crippen LogP) is 6.32. The number of anilines is 1. The van der Waals surface area contributed by atoms with Crippen molar-refractivity contribution < 1.29 is 18.0 Å². The number of carbonyl (C=O) groups excluding carboxylic acids is 2. The van der Waals surface area contributed by atoms with Crippen LogP contribution in [0.5, 0.6) is 0 Å². The molecule has 1 saturated carbocycles. The molecule has 7 nitrogen and oxygen atoms in total. The zero-order valence-electron chi connectivity index (χ0n) is 21.9. The summed E-state index contributed by atoms with van der Waals surface area (Å²) in [6, 6.07) is 18.3. The lowest BCUT2D eigenvalue weighted by molar-refractivity contribution is -0.139. The lowest BCUT2D eigenvalue weighted by Gasteiger charge is -2.32. The number of halogens is 3. The molecule has 40 heavy (non-hydrogen) atoms. The molecule has 0 radical (unpaired) electrons. The highest BCUT2D eigenvalue weighted by Gasteiger charge is 2.34. The molecule has 0 aliphatic heterocycles. The minimum Gasteiger partial charge on any atom is -0.352 e. The lowest BCUT2D eigenvalue weighted by Crippen LogP contribution is -2.52. The van der Waals surface area contributed by atoms with Crippen molar-refractivity contribution in [1.82, 2.24) is 10.2 Å². The molecule has 0 bridgehead atoms. The Hall–Kier alpha value is -2.78. The van der Waals surface area contributed by atoms with Crippen molar-refractivity contribution in [2.24, 2.45) is 0 Å². The van der Waals surface area contributed by atoms with Crippen molar-refractivity contribution in [3.05, 3.63) is 93.4 Å². The number of hydrogen-bond donors (Lipinski definition) is 1. The minimum absolute atomic E-state index is 0.00917. The molecule has 2 amide bonds. The van der Waals surface area contributed by atoms with Gasteiger partial charge in [0.15, 0.2) is 0 Å². The first kappa shape index (κ1) is 30.2. The van der Waals surface area contributed by atoms with Crippen LogP contribution in [-0.4, -0.2) is 43.8 Å². The molecule has 1 fully saturated rings. The molecule has 212 valence electrons. The van der Waals surface area contributed by atoms with Gasteiger partial charge >= 0.3 is 0 Å². The van der Waals surface area contributed by atoms with E-state index in [1.54, 1.807) is 49.4 Å². The third-order valence-corrected chi connectivity index (χ3v) is 9.49. The largest absolute Gasteiger partial charge is 0.352 e. The fourth-order valence-electron chi connectivity index (χ4n) is 4.68. The lowest BCUT2D eigenvalue weighted by atomic mass is 10.1. The monoisotopic (exact) mass is 621 g/mol. The molecule has 1 atom stereocenters. The Kier molecular flexibility index (Phi) is 10.0. The van der Waals surface area contributed by atoms with E-state index in [0.29, 0.717) is 10.0 Å². The summed E-state index contributed by atoms with van der Waals surface area (Å²) in [5, 5.41) is 3.96. The van der Waals surface area contributed by atoms with Crippen LogP contribution in [0.3, 0.4) is 0 Å². The number of nitrogens with one attached hydrogen (secondary N) is 1. The van der Waals surface area contributed by atoms with Crippen LogP contribution in [0.2, 0.25) is 15.1 Å². The molecule has 0 heterocycles.